The normalized spacial score (nSPS) is 12.5. The van der Waals surface area contributed by atoms with Gasteiger partial charge in [-0.25, -0.2) is 5.43 Å². The highest BCUT2D eigenvalue weighted by Crippen LogP contribution is 2.17. The van der Waals surface area contributed by atoms with Crippen molar-refractivity contribution >= 4 is 23.9 Å². The van der Waals surface area contributed by atoms with Crippen LogP contribution in [-0.2, 0) is 10.5 Å². The fraction of sp³-hybridized carbons (Fsp3) is 0.300. The number of benzene rings is 2. The number of nitrogens with zero attached hydrogens (tertiary/aromatic N) is 1. The van der Waals surface area contributed by atoms with E-state index < -0.39 is 0 Å². The molecule has 0 aliphatic carbocycles. The first-order valence-electron chi connectivity index (χ1n) is 8.14. The zero-order valence-electron chi connectivity index (χ0n) is 14.4. The summed E-state index contributed by atoms with van der Waals surface area (Å²) in [6.45, 7) is 6.23. The van der Waals surface area contributed by atoms with Crippen molar-refractivity contribution in [2.75, 3.05) is 0 Å². The smallest absolute Gasteiger partial charge is 0.252 e. The van der Waals surface area contributed by atoms with Crippen molar-refractivity contribution in [1.82, 2.24) is 5.43 Å². The summed E-state index contributed by atoms with van der Waals surface area (Å²) >= 11 is 1.60. The second kappa shape index (κ2) is 9.28. The number of rotatable bonds is 7. The molecule has 24 heavy (non-hydrogen) atoms. The van der Waals surface area contributed by atoms with E-state index in [1.54, 1.807) is 18.0 Å². The van der Waals surface area contributed by atoms with Crippen LogP contribution in [0.5, 0.6) is 0 Å². The lowest BCUT2D eigenvalue weighted by molar-refractivity contribution is -0.120. The van der Waals surface area contributed by atoms with E-state index >= 15 is 0 Å². The van der Waals surface area contributed by atoms with E-state index in [1.807, 2.05) is 37.3 Å². The molecule has 2 aromatic carbocycles. The van der Waals surface area contributed by atoms with Gasteiger partial charge in [0.15, 0.2) is 0 Å². The highest BCUT2D eigenvalue weighted by molar-refractivity contribution is 7.99. The van der Waals surface area contributed by atoms with Crippen LogP contribution < -0.4 is 5.43 Å². The molecule has 0 aliphatic rings. The minimum atomic E-state index is -0.148. The molecule has 0 heterocycles. The van der Waals surface area contributed by atoms with E-state index in [9.17, 15) is 4.79 Å². The van der Waals surface area contributed by atoms with Crippen molar-refractivity contribution in [2.45, 2.75) is 37.7 Å². The van der Waals surface area contributed by atoms with E-state index in [0.29, 0.717) is 5.92 Å². The topological polar surface area (TPSA) is 41.5 Å². The average Bonchev–Trinajstić information content (AvgIpc) is 2.61. The van der Waals surface area contributed by atoms with Crippen molar-refractivity contribution in [1.29, 1.82) is 0 Å². The summed E-state index contributed by atoms with van der Waals surface area (Å²) in [5, 5.41) is 3.91. The van der Waals surface area contributed by atoms with Crippen LogP contribution >= 0.6 is 11.8 Å². The van der Waals surface area contributed by atoms with Crippen LogP contribution in [0.15, 0.2) is 59.7 Å². The Balaban J connectivity index is 1.79. The van der Waals surface area contributed by atoms with Gasteiger partial charge in [-0.1, -0.05) is 68.4 Å². The number of carbonyl (C=O) groups excluding carboxylic acids is 1. The van der Waals surface area contributed by atoms with Gasteiger partial charge in [0, 0.05) is 5.75 Å². The molecule has 0 aromatic heterocycles. The maximum atomic E-state index is 12.1. The molecule has 4 heteroatoms. The quantitative estimate of drug-likeness (QED) is 0.592. The predicted octanol–water partition coefficient (Wildman–Crippen LogP) is 4.58. The zero-order valence-corrected chi connectivity index (χ0v) is 15.2. The molecule has 0 spiro atoms. The summed E-state index contributed by atoms with van der Waals surface area (Å²) in [6, 6.07) is 18.3. The molecule has 0 aliphatic heterocycles. The van der Waals surface area contributed by atoms with Gasteiger partial charge in [0.1, 0.15) is 0 Å². The molecule has 0 saturated heterocycles. The maximum Gasteiger partial charge on any atom is 0.252 e. The van der Waals surface area contributed by atoms with Crippen LogP contribution in [0, 0.1) is 0 Å². The van der Waals surface area contributed by atoms with E-state index in [0.717, 1.165) is 11.3 Å². The Bertz CT molecular complexity index is 666. The SMILES string of the molecule is CC(C)c1ccc(/C=N\NC(=O)[C@@H](C)SCc2ccccc2)cc1. The Morgan fingerprint density at radius 3 is 2.38 bits per heavy atom. The first kappa shape index (κ1) is 18.3. The summed E-state index contributed by atoms with van der Waals surface area (Å²) in [4.78, 5) is 12.1. The number of hydrogen-bond acceptors (Lipinski definition) is 3. The van der Waals surface area contributed by atoms with Gasteiger partial charge in [0.05, 0.1) is 11.5 Å². The molecule has 0 unspecified atom stereocenters. The van der Waals surface area contributed by atoms with Gasteiger partial charge in [-0.15, -0.1) is 11.8 Å². The largest absolute Gasteiger partial charge is 0.272 e. The number of amides is 1. The van der Waals surface area contributed by atoms with Crippen molar-refractivity contribution < 1.29 is 4.79 Å². The molecule has 126 valence electrons. The third-order valence-corrected chi connectivity index (χ3v) is 4.92. The van der Waals surface area contributed by atoms with Gasteiger partial charge in [-0.2, -0.15) is 5.10 Å². The summed E-state index contributed by atoms with van der Waals surface area (Å²) < 4.78 is 0. The minimum absolute atomic E-state index is 0.0778. The number of carbonyl (C=O) groups is 1. The maximum absolute atomic E-state index is 12.1. The highest BCUT2D eigenvalue weighted by Gasteiger charge is 2.12. The summed E-state index contributed by atoms with van der Waals surface area (Å²) in [5.74, 6) is 1.25. The standard InChI is InChI=1S/C20H24N2OS/c1-15(2)19-11-9-17(10-12-19)13-21-22-20(23)16(3)24-14-18-7-5-4-6-8-18/h4-13,15-16H,14H2,1-3H3,(H,22,23)/b21-13-/t16-/m1/s1. The second-order valence-corrected chi connectivity index (χ2v) is 7.32. The molecule has 0 fully saturated rings. The van der Waals surface area contributed by atoms with E-state index in [1.165, 1.54) is 11.1 Å². The fourth-order valence-corrected chi connectivity index (χ4v) is 2.94. The second-order valence-electron chi connectivity index (χ2n) is 5.99. The minimum Gasteiger partial charge on any atom is -0.272 e. The van der Waals surface area contributed by atoms with Gasteiger partial charge < -0.3 is 0 Å². The Labute approximate surface area is 148 Å². The summed E-state index contributed by atoms with van der Waals surface area (Å²) in [6.07, 6.45) is 1.68. The van der Waals surface area contributed by atoms with Gasteiger partial charge in [0.2, 0.25) is 0 Å². The molecule has 1 amide bonds. The molecule has 3 nitrogen and oxygen atoms in total. The Kier molecular flexibility index (Phi) is 7.07. The number of hydrogen-bond donors (Lipinski definition) is 1. The van der Waals surface area contributed by atoms with Gasteiger partial charge in [0.25, 0.3) is 5.91 Å². The first-order chi connectivity index (χ1) is 11.6. The van der Waals surface area contributed by atoms with Gasteiger partial charge >= 0.3 is 0 Å². The molecule has 2 aromatic rings. The van der Waals surface area contributed by atoms with Crippen molar-refractivity contribution in [3.8, 4) is 0 Å². The van der Waals surface area contributed by atoms with E-state index in [4.69, 9.17) is 0 Å². The first-order valence-corrected chi connectivity index (χ1v) is 9.19. The molecule has 1 atom stereocenters. The highest BCUT2D eigenvalue weighted by atomic mass is 32.2. The third kappa shape index (κ3) is 5.85. The monoisotopic (exact) mass is 340 g/mol. The Morgan fingerprint density at radius 1 is 1.08 bits per heavy atom. The lowest BCUT2D eigenvalue weighted by Crippen LogP contribution is -2.26. The van der Waals surface area contributed by atoms with Crippen LogP contribution in [0.1, 0.15) is 43.4 Å². The number of thioether (sulfide) groups is 1. The lowest BCUT2D eigenvalue weighted by atomic mass is 10.0. The molecule has 1 N–H and O–H groups in total. The molecular weight excluding hydrogens is 316 g/mol. The molecule has 2 rings (SSSR count). The van der Waals surface area contributed by atoms with Crippen LogP contribution in [-0.4, -0.2) is 17.4 Å². The summed E-state index contributed by atoms with van der Waals surface area (Å²) in [5.41, 5.74) is 6.10. The van der Waals surface area contributed by atoms with Crippen molar-refractivity contribution in [3.63, 3.8) is 0 Å². The van der Waals surface area contributed by atoms with Crippen LogP contribution in [0.3, 0.4) is 0 Å². The summed E-state index contributed by atoms with van der Waals surface area (Å²) in [7, 11) is 0. The van der Waals surface area contributed by atoms with Gasteiger partial charge in [-0.3, -0.25) is 4.79 Å². The average molecular weight is 340 g/mol. The molecule has 0 radical (unpaired) electrons. The van der Waals surface area contributed by atoms with Crippen LogP contribution in [0.4, 0.5) is 0 Å². The third-order valence-electron chi connectivity index (χ3n) is 3.70. The van der Waals surface area contributed by atoms with Crippen molar-refractivity contribution in [2.24, 2.45) is 5.10 Å². The lowest BCUT2D eigenvalue weighted by Gasteiger charge is -2.09. The zero-order chi connectivity index (χ0) is 17.4. The molecule has 0 bridgehead atoms. The fourth-order valence-electron chi connectivity index (χ4n) is 2.10. The van der Waals surface area contributed by atoms with Crippen molar-refractivity contribution in [3.05, 3.63) is 71.3 Å². The predicted molar refractivity (Wildman–Crippen MR) is 103 cm³/mol. The Hall–Kier alpha value is -2.07. The molecular formula is C20H24N2OS. The van der Waals surface area contributed by atoms with E-state index in [2.05, 4.69) is 48.6 Å². The van der Waals surface area contributed by atoms with Crippen LogP contribution in [0.25, 0.3) is 0 Å². The number of hydrazone groups is 1. The van der Waals surface area contributed by atoms with E-state index in [-0.39, 0.29) is 11.2 Å². The van der Waals surface area contributed by atoms with Crippen LogP contribution in [0.2, 0.25) is 0 Å². The Morgan fingerprint density at radius 2 is 1.75 bits per heavy atom. The molecule has 0 saturated carbocycles. The van der Waals surface area contributed by atoms with Gasteiger partial charge in [-0.05, 0) is 29.5 Å². The number of nitrogens with one attached hydrogen (secondary N) is 1.